The average molecular weight is 303 g/mol. The molecule has 0 spiro atoms. The fraction of sp³-hybridized carbons (Fsp3) is 0.200. The molecular formula is C15H17N3S2. The largest absolute Gasteiger partial charge is 0.389 e. The molecule has 2 aromatic rings. The lowest BCUT2D eigenvalue weighted by Crippen LogP contribution is -2.16. The predicted octanol–water partition coefficient (Wildman–Crippen LogP) is 3.61. The maximum Gasteiger partial charge on any atom is 0.107 e. The number of rotatable bonds is 5. The molecule has 0 saturated heterocycles. The van der Waals surface area contributed by atoms with Gasteiger partial charge in [-0.1, -0.05) is 24.4 Å². The minimum atomic E-state index is 0.0846. The summed E-state index contributed by atoms with van der Waals surface area (Å²) in [5.74, 6) is 0. The summed E-state index contributed by atoms with van der Waals surface area (Å²) in [5, 5.41) is 3.44. The third-order valence-corrected chi connectivity index (χ3v) is 3.98. The number of thiocarbonyl (C=S) groups is 1. The van der Waals surface area contributed by atoms with Crippen molar-refractivity contribution < 1.29 is 0 Å². The third-order valence-electron chi connectivity index (χ3n) is 3.00. The molecule has 104 valence electrons. The Balaban J connectivity index is 2.32. The summed E-state index contributed by atoms with van der Waals surface area (Å²) in [6.07, 6.45) is 3.81. The number of benzene rings is 1. The van der Waals surface area contributed by atoms with Crippen molar-refractivity contribution in [2.75, 3.05) is 11.6 Å². The van der Waals surface area contributed by atoms with Crippen LogP contribution in [0.3, 0.4) is 0 Å². The molecule has 0 amide bonds. The van der Waals surface area contributed by atoms with E-state index in [0.29, 0.717) is 4.99 Å². The fourth-order valence-corrected chi connectivity index (χ4v) is 2.94. The van der Waals surface area contributed by atoms with Crippen LogP contribution in [0, 0.1) is 0 Å². The second-order valence-electron chi connectivity index (χ2n) is 4.37. The van der Waals surface area contributed by atoms with Gasteiger partial charge in [0.2, 0.25) is 0 Å². The number of hydrogen-bond donors (Lipinski definition) is 2. The van der Waals surface area contributed by atoms with E-state index in [2.05, 4.69) is 17.2 Å². The lowest BCUT2D eigenvalue weighted by Gasteiger charge is -2.19. The van der Waals surface area contributed by atoms with Crippen molar-refractivity contribution in [1.82, 2.24) is 4.98 Å². The van der Waals surface area contributed by atoms with E-state index in [9.17, 15) is 0 Å². The Kier molecular flexibility index (Phi) is 4.98. The summed E-state index contributed by atoms with van der Waals surface area (Å²) in [7, 11) is 0. The van der Waals surface area contributed by atoms with Gasteiger partial charge in [-0.25, -0.2) is 0 Å². The van der Waals surface area contributed by atoms with Crippen molar-refractivity contribution in [1.29, 1.82) is 0 Å². The van der Waals surface area contributed by atoms with Crippen LogP contribution in [-0.4, -0.2) is 16.2 Å². The minimum absolute atomic E-state index is 0.0846. The first-order chi connectivity index (χ1) is 9.63. The number of anilines is 1. The highest BCUT2D eigenvalue weighted by Gasteiger charge is 2.13. The fourth-order valence-electron chi connectivity index (χ4n) is 2.01. The van der Waals surface area contributed by atoms with Crippen LogP contribution >= 0.6 is 24.0 Å². The van der Waals surface area contributed by atoms with Gasteiger partial charge in [0, 0.05) is 22.3 Å². The first-order valence-corrected chi connectivity index (χ1v) is 7.91. The SMILES string of the molecule is CSc1cccc(NC(C)c2ccccn2)c1C(N)=S. The van der Waals surface area contributed by atoms with Gasteiger partial charge in [-0.05, 0) is 37.4 Å². The summed E-state index contributed by atoms with van der Waals surface area (Å²) in [5.41, 5.74) is 8.70. The standard InChI is InChI=1S/C15H17N3S2/c1-10(11-6-3-4-9-17-11)18-12-7-5-8-13(20-2)14(12)15(16)19/h3-10,18H,1-2H3,(H2,16,19). The van der Waals surface area contributed by atoms with E-state index in [1.807, 2.05) is 42.7 Å². The molecule has 0 radical (unpaired) electrons. The second kappa shape index (κ2) is 6.72. The Labute approximate surface area is 129 Å². The van der Waals surface area contributed by atoms with Gasteiger partial charge in [0.05, 0.1) is 11.7 Å². The quantitative estimate of drug-likeness (QED) is 0.653. The normalized spacial score (nSPS) is 11.9. The van der Waals surface area contributed by atoms with E-state index >= 15 is 0 Å². The Morgan fingerprint density at radius 2 is 2.10 bits per heavy atom. The average Bonchev–Trinajstić information content (AvgIpc) is 2.47. The molecule has 3 N–H and O–H groups in total. The molecule has 0 fully saturated rings. The van der Waals surface area contributed by atoms with Gasteiger partial charge in [-0.3, -0.25) is 4.98 Å². The molecule has 2 rings (SSSR count). The van der Waals surface area contributed by atoms with Gasteiger partial charge in [-0.2, -0.15) is 0 Å². The van der Waals surface area contributed by atoms with E-state index < -0.39 is 0 Å². The summed E-state index contributed by atoms with van der Waals surface area (Å²) in [6, 6.07) is 12.0. The van der Waals surface area contributed by atoms with Crippen LogP contribution < -0.4 is 11.1 Å². The molecule has 0 saturated carbocycles. The number of nitrogens with two attached hydrogens (primary N) is 1. The third kappa shape index (κ3) is 3.29. The molecule has 20 heavy (non-hydrogen) atoms. The Hall–Kier alpha value is -1.59. The zero-order valence-corrected chi connectivity index (χ0v) is 13.1. The summed E-state index contributed by atoms with van der Waals surface area (Å²) >= 11 is 6.82. The summed E-state index contributed by atoms with van der Waals surface area (Å²) in [6.45, 7) is 2.07. The van der Waals surface area contributed by atoms with Crippen molar-refractivity contribution >= 4 is 34.7 Å². The lowest BCUT2D eigenvalue weighted by atomic mass is 10.1. The van der Waals surface area contributed by atoms with E-state index in [1.54, 1.807) is 18.0 Å². The van der Waals surface area contributed by atoms with Crippen molar-refractivity contribution in [3.8, 4) is 0 Å². The van der Waals surface area contributed by atoms with Crippen molar-refractivity contribution in [2.24, 2.45) is 5.73 Å². The maximum atomic E-state index is 5.87. The molecule has 1 heterocycles. The summed E-state index contributed by atoms with van der Waals surface area (Å²) < 4.78 is 0. The number of pyridine rings is 1. The molecule has 1 unspecified atom stereocenters. The van der Waals surface area contributed by atoms with Crippen LogP contribution in [-0.2, 0) is 0 Å². The molecule has 1 aromatic heterocycles. The first kappa shape index (κ1) is 14.8. The van der Waals surface area contributed by atoms with Gasteiger partial charge in [-0.15, -0.1) is 11.8 Å². The van der Waals surface area contributed by atoms with Gasteiger partial charge in [0.15, 0.2) is 0 Å². The molecule has 1 aromatic carbocycles. The molecule has 0 bridgehead atoms. The highest BCUT2D eigenvalue weighted by molar-refractivity contribution is 7.98. The Morgan fingerprint density at radius 3 is 2.70 bits per heavy atom. The van der Waals surface area contributed by atoms with E-state index in [-0.39, 0.29) is 6.04 Å². The van der Waals surface area contributed by atoms with Crippen LogP contribution in [0.5, 0.6) is 0 Å². The monoisotopic (exact) mass is 303 g/mol. The number of aromatic nitrogens is 1. The Morgan fingerprint density at radius 1 is 1.30 bits per heavy atom. The van der Waals surface area contributed by atoms with Crippen LogP contribution in [0.1, 0.15) is 24.2 Å². The van der Waals surface area contributed by atoms with Crippen LogP contribution in [0.15, 0.2) is 47.5 Å². The smallest absolute Gasteiger partial charge is 0.107 e. The number of nitrogens with zero attached hydrogens (tertiary/aromatic N) is 1. The Bertz CT molecular complexity index is 599. The second-order valence-corrected chi connectivity index (χ2v) is 5.66. The molecule has 0 aliphatic rings. The first-order valence-electron chi connectivity index (χ1n) is 6.27. The summed E-state index contributed by atoms with van der Waals surface area (Å²) in [4.78, 5) is 5.85. The van der Waals surface area contributed by atoms with Crippen molar-refractivity contribution in [2.45, 2.75) is 17.9 Å². The maximum absolute atomic E-state index is 5.87. The number of thioether (sulfide) groups is 1. The molecule has 5 heteroatoms. The van der Waals surface area contributed by atoms with E-state index in [1.165, 1.54) is 0 Å². The van der Waals surface area contributed by atoms with E-state index in [4.69, 9.17) is 18.0 Å². The number of hydrogen-bond acceptors (Lipinski definition) is 4. The van der Waals surface area contributed by atoms with Gasteiger partial charge in [0.1, 0.15) is 4.99 Å². The van der Waals surface area contributed by atoms with Gasteiger partial charge >= 0.3 is 0 Å². The predicted molar refractivity (Wildman–Crippen MR) is 90.4 cm³/mol. The molecule has 0 aliphatic heterocycles. The molecule has 0 aliphatic carbocycles. The van der Waals surface area contributed by atoms with E-state index in [0.717, 1.165) is 21.8 Å². The highest BCUT2D eigenvalue weighted by atomic mass is 32.2. The zero-order valence-electron chi connectivity index (χ0n) is 11.5. The van der Waals surface area contributed by atoms with Crippen LogP contribution in [0.4, 0.5) is 5.69 Å². The molecular weight excluding hydrogens is 286 g/mol. The zero-order chi connectivity index (χ0) is 14.5. The van der Waals surface area contributed by atoms with Crippen molar-refractivity contribution in [3.63, 3.8) is 0 Å². The molecule has 1 atom stereocenters. The van der Waals surface area contributed by atoms with Gasteiger partial charge < -0.3 is 11.1 Å². The highest BCUT2D eigenvalue weighted by Crippen LogP contribution is 2.29. The lowest BCUT2D eigenvalue weighted by molar-refractivity contribution is 0.838. The van der Waals surface area contributed by atoms with Crippen LogP contribution in [0.2, 0.25) is 0 Å². The van der Waals surface area contributed by atoms with Gasteiger partial charge in [0.25, 0.3) is 0 Å². The topological polar surface area (TPSA) is 50.9 Å². The minimum Gasteiger partial charge on any atom is -0.389 e. The molecule has 3 nitrogen and oxygen atoms in total. The number of nitrogens with one attached hydrogen (secondary N) is 1. The van der Waals surface area contributed by atoms with Crippen LogP contribution in [0.25, 0.3) is 0 Å². The van der Waals surface area contributed by atoms with Crippen molar-refractivity contribution in [3.05, 3.63) is 53.9 Å².